The van der Waals surface area contributed by atoms with Crippen LogP contribution in [-0.4, -0.2) is 44.0 Å². The van der Waals surface area contributed by atoms with Gasteiger partial charge in [0.1, 0.15) is 0 Å². The number of hydrogen-bond acceptors (Lipinski definition) is 7. The molecule has 0 aliphatic carbocycles. The fraction of sp³-hybridized carbons (Fsp3) is 0.733. The van der Waals surface area contributed by atoms with Crippen LogP contribution >= 0.6 is 11.8 Å². The van der Waals surface area contributed by atoms with Crippen molar-refractivity contribution in [1.29, 1.82) is 0 Å². The van der Waals surface area contributed by atoms with Gasteiger partial charge in [0.25, 0.3) is 0 Å². The zero-order valence-electron chi connectivity index (χ0n) is 14.6. The van der Waals surface area contributed by atoms with E-state index < -0.39 is 0 Å². The van der Waals surface area contributed by atoms with Gasteiger partial charge >= 0.3 is 0 Å². The maximum absolute atomic E-state index is 5.43. The maximum atomic E-state index is 5.43. The first-order valence-electron chi connectivity index (χ1n) is 8.08. The summed E-state index contributed by atoms with van der Waals surface area (Å²) >= 11 is 1.60. The van der Waals surface area contributed by atoms with E-state index in [1.54, 1.807) is 18.7 Å². The third kappa shape index (κ3) is 4.54. The van der Waals surface area contributed by atoms with Gasteiger partial charge in [-0.1, -0.05) is 32.0 Å². The van der Waals surface area contributed by atoms with Crippen LogP contribution in [0.2, 0.25) is 0 Å². The molecule has 0 saturated heterocycles. The molecule has 0 bridgehead atoms. The number of aryl methyl sites for hydroxylation is 1. The van der Waals surface area contributed by atoms with Gasteiger partial charge < -0.3 is 8.98 Å². The summed E-state index contributed by atoms with van der Waals surface area (Å²) in [6, 6.07) is 0.277. The van der Waals surface area contributed by atoms with E-state index >= 15 is 0 Å². The van der Waals surface area contributed by atoms with Crippen LogP contribution in [-0.2, 0) is 12.3 Å². The van der Waals surface area contributed by atoms with Gasteiger partial charge in [-0.15, -0.1) is 20.4 Å². The summed E-state index contributed by atoms with van der Waals surface area (Å²) in [5.41, 5.74) is 0. The molecule has 0 fully saturated rings. The molecule has 0 aliphatic rings. The van der Waals surface area contributed by atoms with Gasteiger partial charge in [-0.25, -0.2) is 0 Å². The lowest BCUT2D eigenvalue weighted by Crippen LogP contribution is -2.23. The Labute approximate surface area is 141 Å². The molecule has 1 atom stereocenters. The average Bonchev–Trinajstić information content (AvgIpc) is 3.10. The minimum absolute atomic E-state index is 0.277. The second-order valence-corrected chi connectivity index (χ2v) is 6.68. The lowest BCUT2D eigenvalue weighted by molar-refractivity contribution is 0.270. The summed E-state index contributed by atoms with van der Waals surface area (Å²) in [4.78, 5) is 2.20. The Morgan fingerprint density at radius 1 is 1.17 bits per heavy atom. The zero-order valence-corrected chi connectivity index (χ0v) is 15.4. The van der Waals surface area contributed by atoms with Crippen molar-refractivity contribution in [3.63, 3.8) is 0 Å². The van der Waals surface area contributed by atoms with E-state index in [4.69, 9.17) is 4.42 Å². The van der Waals surface area contributed by atoms with E-state index in [-0.39, 0.29) is 6.04 Å². The summed E-state index contributed by atoms with van der Waals surface area (Å²) < 4.78 is 7.67. The molecule has 2 rings (SSSR count). The Hall–Kier alpha value is -1.41. The Balaban J connectivity index is 2.18. The number of thioether (sulfide) groups is 1. The molecule has 128 valence electrons. The molecular formula is C15H26N6OS. The molecule has 2 aromatic rings. The molecule has 0 N–H and O–H groups in total. The standard InChI is InChI=1S/C15H26N6OS/c1-6-8-9-21-14(12(7-2)20(4)5)18-19-15(21)23-10-13-17-16-11(3)22-13/h12H,6-10H2,1-5H3/t12-/m0/s1. The highest BCUT2D eigenvalue weighted by Gasteiger charge is 2.22. The molecule has 0 saturated carbocycles. The van der Waals surface area contributed by atoms with Crippen LogP contribution in [0.25, 0.3) is 0 Å². The first-order valence-corrected chi connectivity index (χ1v) is 9.06. The highest BCUT2D eigenvalue weighted by Crippen LogP contribution is 2.27. The third-order valence-electron chi connectivity index (χ3n) is 3.68. The minimum atomic E-state index is 0.277. The molecule has 0 aromatic carbocycles. The third-order valence-corrected chi connectivity index (χ3v) is 4.63. The Morgan fingerprint density at radius 2 is 1.96 bits per heavy atom. The maximum Gasteiger partial charge on any atom is 0.226 e. The van der Waals surface area contributed by atoms with Crippen LogP contribution in [0, 0.1) is 6.92 Å². The lowest BCUT2D eigenvalue weighted by Gasteiger charge is -2.23. The van der Waals surface area contributed by atoms with Crippen molar-refractivity contribution in [3.05, 3.63) is 17.6 Å². The first-order chi connectivity index (χ1) is 11.1. The Bertz CT molecular complexity index is 609. The van der Waals surface area contributed by atoms with Crippen molar-refractivity contribution in [2.75, 3.05) is 14.1 Å². The molecule has 0 spiro atoms. The van der Waals surface area contributed by atoms with Gasteiger partial charge in [-0.2, -0.15) is 0 Å². The van der Waals surface area contributed by atoms with Crippen LogP contribution in [0.15, 0.2) is 9.57 Å². The van der Waals surface area contributed by atoms with E-state index in [1.807, 2.05) is 0 Å². The van der Waals surface area contributed by atoms with Gasteiger partial charge in [0.15, 0.2) is 11.0 Å². The van der Waals surface area contributed by atoms with Gasteiger partial charge in [-0.3, -0.25) is 4.90 Å². The number of rotatable bonds is 9. The van der Waals surface area contributed by atoms with Gasteiger partial charge in [0.05, 0.1) is 11.8 Å². The molecule has 0 radical (unpaired) electrons. The summed E-state index contributed by atoms with van der Waals surface area (Å²) in [5, 5.41) is 17.7. The van der Waals surface area contributed by atoms with Crippen molar-refractivity contribution in [3.8, 4) is 0 Å². The fourth-order valence-corrected chi connectivity index (χ4v) is 3.29. The number of nitrogens with zero attached hydrogens (tertiary/aromatic N) is 6. The summed E-state index contributed by atoms with van der Waals surface area (Å²) in [6.45, 7) is 7.11. The molecule has 23 heavy (non-hydrogen) atoms. The first kappa shape index (κ1) is 17.9. The molecule has 0 amide bonds. The fourth-order valence-electron chi connectivity index (χ4n) is 2.48. The predicted octanol–water partition coefficient (Wildman–Crippen LogP) is 3.07. The van der Waals surface area contributed by atoms with Crippen molar-refractivity contribution in [2.45, 2.75) is 63.5 Å². The van der Waals surface area contributed by atoms with Gasteiger partial charge in [0, 0.05) is 13.5 Å². The quantitative estimate of drug-likeness (QED) is 0.650. The Kier molecular flexibility index (Phi) is 6.59. The smallest absolute Gasteiger partial charge is 0.226 e. The Morgan fingerprint density at radius 3 is 2.52 bits per heavy atom. The minimum Gasteiger partial charge on any atom is -0.425 e. The SMILES string of the molecule is CCCCn1c(SCc2nnc(C)o2)nnc1[C@H](CC)N(C)C. The number of unbranched alkanes of at least 4 members (excludes halogenated alkanes) is 1. The molecule has 0 aliphatic heterocycles. The van der Waals surface area contributed by atoms with Crippen molar-refractivity contribution in [1.82, 2.24) is 29.9 Å². The van der Waals surface area contributed by atoms with Gasteiger partial charge in [0.2, 0.25) is 11.8 Å². The summed E-state index contributed by atoms with van der Waals surface area (Å²) in [7, 11) is 4.17. The van der Waals surface area contributed by atoms with Crippen LogP contribution in [0.1, 0.15) is 56.8 Å². The highest BCUT2D eigenvalue weighted by atomic mass is 32.2. The lowest BCUT2D eigenvalue weighted by atomic mass is 10.2. The normalized spacial score (nSPS) is 13.0. The second kappa shape index (κ2) is 8.44. The van der Waals surface area contributed by atoms with Crippen molar-refractivity contribution >= 4 is 11.8 Å². The molecule has 2 heterocycles. The van der Waals surface area contributed by atoms with E-state index in [1.165, 1.54) is 0 Å². The van der Waals surface area contributed by atoms with E-state index in [9.17, 15) is 0 Å². The van der Waals surface area contributed by atoms with E-state index in [0.29, 0.717) is 17.5 Å². The summed E-state index contributed by atoms with van der Waals surface area (Å²) in [5.74, 6) is 2.87. The van der Waals surface area contributed by atoms with Crippen molar-refractivity contribution in [2.24, 2.45) is 0 Å². The molecule has 8 heteroatoms. The zero-order chi connectivity index (χ0) is 16.8. The monoisotopic (exact) mass is 338 g/mol. The average molecular weight is 338 g/mol. The molecule has 2 aromatic heterocycles. The van der Waals surface area contributed by atoms with Crippen LogP contribution in [0.5, 0.6) is 0 Å². The molecule has 0 unspecified atom stereocenters. The topological polar surface area (TPSA) is 72.9 Å². The van der Waals surface area contributed by atoms with Crippen LogP contribution in [0.3, 0.4) is 0 Å². The van der Waals surface area contributed by atoms with Crippen molar-refractivity contribution < 1.29 is 4.42 Å². The summed E-state index contributed by atoms with van der Waals surface area (Å²) in [6.07, 6.45) is 3.26. The van der Waals surface area contributed by atoms with Gasteiger partial charge in [-0.05, 0) is 26.9 Å². The van der Waals surface area contributed by atoms with E-state index in [2.05, 4.69) is 57.8 Å². The predicted molar refractivity (Wildman–Crippen MR) is 90.2 cm³/mol. The highest BCUT2D eigenvalue weighted by molar-refractivity contribution is 7.98. The molecule has 7 nitrogen and oxygen atoms in total. The number of aromatic nitrogens is 5. The largest absolute Gasteiger partial charge is 0.425 e. The van der Waals surface area contributed by atoms with E-state index in [0.717, 1.165) is 36.8 Å². The molecular weight excluding hydrogens is 312 g/mol. The van der Waals surface area contributed by atoms with Crippen LogP contribution in [0.4, 0.5) is 0 Å². The second-order valence-electron chi connectivity index (χ2n) is 5.74. The van der Waals surface area contributed by atoms with Crippen LogP contribution < -0.4 is 0 Å². The number of hydrogen-bond donors (Lipinski definition) is 0.